The Bertz CT molecular complexity index is 1060. The second-order valence-corrected chi connectivity index (χ2v) is 8.86. The summed E-state index contributed by atoms with van der Waals surface area (Å²) >= 11 is 0. The number of carbonyl (C=O) groups is 4. The number of benzene rings is 1. The topological polar surface area (TPSA) is 139 Å². The molecule has 1 aliphatic heterocycles. The molecule has 2 aromatic rings. The number of amides is 3. The second-order valence-electron chi connectivity index (χ2n) is 8.86. The summed E-state index contributed by atoms with van der Waals surface area (Å²) < 4.78 is 10.2. The Hall–Kier alpha value is -3.56. The third-order valence-electron chi connectivity index (χ3n) is 5.90. The largest absolute Gasteiger partial charge is 0.496 e. The Kier molecular flexibility index (Phi) is 8.14. The van der Waals surface area contributed by atoms with Crippen LogP contribution in [-0.4, -0.2) is 61.5 Å². The van der Waals surface area contributed by atoms with Crippen molar-refractivity contribution in [1.82, 2.24) is 20.9 Å². The van der Waals surface area contributed by atoms with Crippen LogP contribution in [0.4, 0.5) is 0 Å². The van der Waals surface area contributed by atoms with Gasteiger partial charge in [0.05, 0.1) is 14.2 Å². The van der Waals surface area contributed by atoms with Crippen molar-refractivity contribution in [1.29, 1.82) is 0 Å². The Morgan fingerprint density at radius 3 is 2.53 bits per heavy atom. The number of carbonyl (C=O) groups excluding carboxylic acids is 4. The Morgan fingerprint density at radius 1 is 1.15 bits per heavy atom. The van der Waals surface area contributed by atoms with Gasteiger partial charge >= 0.3 is 5.97 Å². The summed E-state index contributed by atoms with van der Waals surface area (Å²) in [6.45, 7) is 4.40. The highest BCUT2D eigenvalue weighted by atomic mass is 16.5. The van der Waals surface area contributed by atoms with Crippen LogP contribution in [0, 0.1) is 11.8 Å². The van der Waals surface area contributed by atoms with E-state index >= 15 is 0 Å². The number of aromatic nitrogens is 1. The molecule has 1 saturated heterocycles. The molecule has 3 atom stereocenters. The highest BCUT2D eigenvalue weighted by molar-refractivity contribution is 6.01. The molecule has 34 heavy (non-hydrogen) atoms. The molecule has 1 aromatic heterocycles. The standard InChI is InChI=1S/C24H32N4O6/c1-13(2)10-17(22(30)28-19(24(32)34-4)11-14-8-9-25-21(14)29)27-23(31)18-12-15-16(26-18)6-5-7-20(15)33-3/h5-7,12-14,17,19,26H,8-11H2,1-4H3,(H,25,29)(H,27,31)(H,28,30)/t14-,17?,19?/m0/s1. The van der Waals surface area contributed by atoms with Gasteiger partial charge in [-0.2, -0.15) is 0 Å². The summed E-state index contributed by atoms with van der Waals surface area (Å²) in [5, 5.41) is 8.93. The highest BCUT2D eigenvalue weighted by Gasteiger charge is 2.34. The molecule has 1 aliphatic rings. The van der Waals surface area contributed by atoms with Gasteiger partial charge in [-0.25, -0.2) is 4.79 Å². The summed E-state index contributed by atoms with van der Waals surface area (Å²) in [5.74, 6) is -1.41. The monoisotopic (exact) mass is 472 g/mol. The Balaban J connectivity index is 1.75. The van der Waals surface area contributed by atoms with Crippen LogP contribution in [0.1, 0.15) is 43.6 Å². The lowest BCUT2D eigenvalue weighted by atomic mass is 9.97. The van der Waals surface area contributed by atoms with E-state index in [1.807, 2.05) is 26.0 Å². The van der Waals surface area contributed by atoms with Crippen LogP contribution >= 0.6 is 0 Å². The SMILES string of the molecule is COC(=O)C(C[C@@H]1CCNC1=O)NC(=O)C(CC(C)C)NC(=O)c1cc2c(OC)cccc2[nH]1. The van der Waals surface area contributed by atoms with Crippen LogP contribution < -0.4 is 20.7 Å². The molecule has 4 N–H and O–H groups in total. The minimum atomic E-state index is -0.991. The van der Waals surface area contributed by atoms with E-state index in [1.165, 1.54) is 7.11 Å². The molecule has 0 spiro atoms. The van der Waals surface area contributed by atoms with Crippen LogP contribution in [-0.2, 0) is 19.1 Å². The maximum Gasteiger partial charge on any atom is 0.328 e. The number of ether oxygens (including phenoxy) is 2. The lowest BCUT2D eigenvalue weighted by Gasteiger charge is -2.24. The van der Waals surface area contributed by atoms with Crippen LogP contribution in [0.2, 0.25) is 0 Å². The summed E-state index contributed by atoms with van der Waals surface area (Å²) in [7, 11) is 2.78. The van der Waals surface area contributed by atoms with Gasteiger partial charge in [-0.3, -0.25) is 14.4 Å². The zero-order chi connectivity index (χ0) is 24.8. The van der Waals surface area contributed by atoms with E-state index in [9.17, 15) is 19.2 Å². The molecule has 3 rings (SSSR count). The first kappa shape index (κ1) is 25.1. The van der Waals surface area contributed by atoms with E-state index in [2.05, 4.69) is 20.9 Å². The van der Waals surface area contributed by atoms with Crippen molar-refractivity contribution >= 4 is 34.6 Å². The first-order valence-corrected chi connectivity index (χ1v) is 11.4. The molecule has 2 heterocycles. The van der Waals surface area contributed by atoms with Gasteiger partial charge in [-0.1, -0.05) is 19.9 Å². The number of fused-ring (bicyclic) bond motifs is 1. The molecule has 0 saturated carbocycles. The molecular weight excluding hydrogens is 440 g/mol. The molecule has 0 bridgehead atoms. The van der Waals surface area contributed by atoms with Crippen LogP contribution in [0.25, 0.3) is 10.9 Å². The predicted octanol–water partition coefficient (Wildman–Crippen LogP) is 1.51. The van der Waals surface area contributed by atoms with Crippen molar-refractivity contribution in [3.05, 3.63) is 30.0 Å². The Labute approximate surface area is 198 Å². The molecule has 10 nitrogen and oxygen atoms in total. The van der Waals surface area contributed by atoms with Gasteiger partial charge in [-0.05, 0) is 43.4 Å². The van der Waals surface area contributed by atoms with Gasteiger partial charge in [0.1, 0.15) is 23.5 Å². The molecule has 3 amide bonds. The number of H-pyrrole nitrogens is 1. The molecule has 0 radical (unpaired) electrons. The fourth-order valence-electron chi connectivity index (χ4n) is 4.15. The van der Waals surface area contributed by atoms with Crippen LogP contribution in [0.15, 0.2) is 24.3 Å². The maximum absolute atomic E-state index is 13.1. The van der Waals surface area contributed by atoms with E-state index in [0.29, 0.717) is 25.1 Å². The second kappa shape index (κ2) is 11.0. The first-order chi connectivity index (χ1) is 16.2. The van der Waals surface area contributed by atoms with Gasteiger partial charge in [0.25, 0.3) is 5.91 Å². The van der Waals surface area contributed by atoms with Gasteiger partial charge in [0.2, 0.25) is 11.8 Å². The predicted molar refractivity (Wildman–Crippen MR) is 125 cm³/mol. The fraction of sp³-hybridized carbons (Fsp3) is 0.500. The number of hydrogen-bond donors (Lipinski definition) is 4. The Morgan fingerprint density at radius 2 is 1.91 bits per heavy atom. The number of methoxy groups -OCH3 is 2. The van der Waals surface area contributed by atoms with E-state index in [1.54, 1.807) is 19.2 Å². The van der Waals surface area contributed by atoms with E-state index in [4.69, 9.17) is 9.47 Å². The lowest BCUT2D eigenvalue weighted by Crippen LogP contribution is -2.53. The number of aromatic amines is 1. The third kappa shape index (κ3) is 5.86. The van der Waals surface area contributed by atoms with Crippen molar-refractivity contribution in [2.75, 3.05) is 20.8 Å². The molecule has 2 unspecified atom stereocenters. The lowest BCUT2D eigenvalue weighted by molar-refractivity contribution is -0.146. The number of esters is 1. The van der Waals surface area contributed by atoms with Crippen molar-refractivity contribution in [2.45, 2.75) is 45.2 Å². The normalized spacial score (nSPS) is 17.2. The molecule has 1 fully saturated rings. The van der Waals surface area contributed by atoms with Gasteiger partial charge in [-0.15, -0.1) is 0 Å². The molecular formula is C24H32N4O6. The molecule has 10 heteroatoms. The quantitative estimate of drug-likeness (QED) is 0.387. The first-order valence-electron chi connectivity index (χ1n) is 11.4. The average Bonchev–Trinajstić information content (AvgIpc) is 3.43. The molecule has 1 aromatic carbocycles. The van der Waals surface area contributed by atoms with Gasteiger partial charge < -0.3 is 30.4 Å². The van der Waals surface area contributed by atoms with Gasteiger partial charge in [0, 0.05) is 23.4 Å². The van der Waals surface area contributed by atoms with Crippen LogP contribution in [0.5, 0.6) is 5.75 Å². The minimum Gasteiger partial charge on any atom is -0.496 e. The van der Waals surface area contributed by atoms with E-state index in [0.717, 1.165) is 10.9 Å². The summed E-state index contributed by atoms with van der Waals surface area (Å²) in [5.41, 5.74) is 1.02. The third-order valence-corrected chi connectivity index (χ3v) is 5.90. The van der Waals surface area contributed by atoms with Crippen molar-refractivity contribution in [3.63, 3.8) is 0 Å². The summed E-state index contributed by atoms with van der Waals surface area (Å²) in [6, 6.07) is 5.23. The highest BCUT2D eigenvalue weighted by Crippen LogP contribution is 2.26. The fourth-order valence-corrected chi connectivity index (χ4v) is 4.15. The summed E-state index contributed by atoms with van der Waals surface area (Å²) in [6.07, 6.45) is 1.07. The minimum absolute atomic E-state index is 0.0936. The smallest absolute Gasteiger partial charge is 0.328 e. The van der Waals surface area contributed by atoms with E-state index < -0.39 is 29.9 Å². The zero-order valence-corrected chi connectivity index (χ0v) is 19.9. The zero-order valence-electron chi connectivity index (χ0n) is 19.9. The summed E-state index contributed by atoms with van der Waals surface area (Å²) in [4.78, 5) is 53.5. The number of hydrogen-bond acceptors (Lipinski definition) is 6. The molecule has 184 valence electrons. The number of rotatable bonds is 10. The van der Waals surface area contributed by atoms with Gasteiger partial charge in [0.15, 0.2) is 0 Å². The maximum atomic E-state index is 13.1. The van der Waals surface area contributed by atoms with E-state index in [-0.39, 0.29) is 29.9 Å². The average molecular weight is 473 g/mol. The van der Waals surface area contributed by atoms with Crippen molar-refractivity contribution in [3.8, 4) is 5.75 Å². The molecule has 0 aliphatic carbocycles. The number of nitrogens with one attached hydrogen (secondary N) is 4. The van der Waals surface area contributed by atoms with Crippen molar-refractivity contribution in [2.24, 2.45) is 11.8 Å². The van der Waals surface area contributed by atoms with Crippen molar-refractivity contribution < 1.29 is 28.7 Å². The van der Waals surface area contributed by atoms with Crippen LogP contribution in [0.3, 0.4) is 0 Å².